The molecule has 0 bridgehead atoms. The highest BCUT2D eigenvalue weighted by Gasteiger charge is 2.39. The third-order valence-corrected chi connectivity index (χ3v) is 6.19. The van der Waals surface area contributed by atoms with Gasteiger partial charge in [-0.05, 0) is 13.8 Å². The van der Waals surface area contributed by atoms with Gasteiger partial charge in [0.1, 0.15) is 3.66 Å². The summed E-state index contributed by atoms with van der Waals surface area (Å²) in [5.41, 5.74) is 0. The summed E-state index contributed by atoms with van der Waals surface area (Å²) in [4.78, 5) is 0. The van der Waals surface area contributed by atoms with E-state index in [-0.39, 0.29) is 5.75 Å². The Morgan fingerprint density at radius 2 is 2.00 bits per heavy atom. The van der Waals surface area contributed by atoms with Crippen molar-refractivity contribution in [3.8, 4) is 0 Å². The van der Waals surface area contributed by atoms with Crippen LogP contribution >= 0.6 is 15.9 Å². The summed E-state index contributed by atoms with van der Waals surface area (Å²) in [5, 5.41) is 9.12. The molecule has 0 aromatic heterocycles. The number of rotatable bonds is 3. The molecule has 0 saturated carbocycles. The molecule has 0 amide bonds. The Bertz CT molecular complexity index is 218. The quantitative estimate of drug-likeness (QED) is 0.752. The maximum atomic E-state index is 11.3. The second-order valence-corrected chi connectivity index (χ2v) is 7.39. The molecule has 0 aromatic rings. The van der Waals surface area contributed by atoms with Crippen LogP contribution < -0.4 is 0 Å². The van der Waals surface area contributed by atoms with Crippen LogP contribution in [-0.2, 0) is 9.84 Å². The van der Waals surface area contributed by atoms with Gasteiger partial charge in [0.25, 0.3) is 0 Å². The van der Waals surface area contributed by atoms with Gasteiger partial charge in [-0.15, -0.1) is 0 Å². The molecule has 5 heteroatoms. The molecular weight excluding hydrogens is 232 g/mol. The van der Waals surface area contributed by atoms with Crippen molar-refractivity contribution in [3.05, 3.63) is 0 Å². The molecule has 0 aliphatic carbocycles. The van der Waals surface area contributed by atoms with Crippen LogP contribution in [0.5, 0.6) is 0 Å². The van der Waals surface area contributed by atoms with Crippen molar-refractivity contribution in [1.29, 1.82) is 0 Å². The van der Waals surface area contributed by atoms with E-state index in [0.29, 0.717) is 0 Å². The van der Waals surface area contributed by atoms with E-state index in [9.17, 15) is 8.42 Å². The lowest BCUT2D eigenvalue weighted by Gasteiger charge is -2.24. The Labute approximate surface area is 75.9 Å². The summed E-state index contributed by atoms with van der Waals surface area (Å²) in [7, 11) is -3.23. The summed E-state index contributed by atoms with van der Waals surface area (Å²) < 4.78 is 21.3. The van der Waals surface area contributed by atoms with Gasteiger partial charge < -0.3 is 5.11 Å². The smallest absolute Gasteiger partial charge is 0.167 e. The van der Waals surface area contributed by atoms with Crippen molar-refractivity contribution in [2.24, 2.45) is 0 Å². The minimum absolute atomic E-state index is 0.0274. The van der Waals surface area contributed by atoms with E-state index >= 15 is 0 Å². The van der Waals surface area contributed by atoms with Gasteiger partial charge in [-0.1, -0.05) is 22.9 Å². The van der Waals surface area contributed by atoms with Crippen LogP contribution in [0.1, 0.15) is 20.8 Å². The number of aliphatic hydroxyl groups is 1. The Morgan fingerprint density at radius 1 is 1.64 bits per heavy atom. The molecule has 0 aliphatic heterocycles. The largest absolute Gasteiger partial charge is 0.391 e. The Morgan fingerprint density at radius 3 is 2.09 bits per heavy atom. The second-order valence-electron chi connectivity index (χ2n) is 2.57. The molecule has 0 saturated heterocycles. The highest BCUT2D eigenvalue weighted by Crippen LogP contribution is 2.29. The Hall–Kier alpha value is 0.390. The van der Waals surface area contributed by atoms with E-state index in [1.165, 1.54) is 13.8 Å². The average Bonchev–Trinajstić information content (AvgIpc) is 1.87. The molecule has 0 radical (unpaired) electrons. The van der Waals surface area contributed by atoms with E-state index in [4.69, 9.17) is 5.11 Å². The first kappa shape index (κ1) is 11.4. The van der Waals surface area contributed by atoms with E-state index in [1.807, 2.05) is 0 Å². The molecule has 0 aromatic carbocycles. The molecule has 0 aliphatic rings. The molecule has 0 unspecified atom stereocenters. The molecule has 0 rings (SSSR count). The summed E-state index contributed by atoms with van der Waals surface area (Å²) in [6, 6.07) is 0. The number of alkyl halides is 1. The fraction of sp³-hybridized carbons (Fsp3) is 1.00. The van der Waals surface area contributed by atoms with Crippen molar-refractivity contribution >= 4 is 25.8 Å². The molecule has 0 spiro atoms. The third-order valence-electron chi connectivity index (χ3n) is 1.73. The van der Waals surface area contributed by atoms with Crippen LogP contribution in [-0.4, -0.2) is 29.0 Å². The van der Waals surface area contributed by atoms with Crippen LogP contribution in [0.25, 0.3) is 0 Å². The van der Waals surface area contributed by atoms with Crippen molar-refractivity contribution in [3.63, 3.8) is 0 Å². The third kappa shape index (κ3) is 2.16. The number of hydrogen-bond donors (Lipinski definition) is 1. The van der Waals surface area contributed by atoms with Gasteiger partial charge in [-0.3, -0.25) is 0 Å². The van der Waals surface area contributed by atoms with Crippen LogP contribution in [0.4, 0.5) is 0 Å². The first-order valence-electron chi connectivity index (χ1n) is 3.35. The molecule has 68 valence electrons. The van der Waals surface area contributed by atoms with E-state index < -0.39 is 19.6 Å². The molecule has 2 atom stereocenters. The minimum Gasteiger partial charge on any atom is -0.391 e. The Balaban J connectivity index is 4.85. The summed E-state index contributed by atoms with van der Waals surface area (Å²) in [6.45, 7) is 4.45. The Kier molecular flexibility index (Phi) is 3.53. The fourth-order valence-electron chi connectivity index (χ4n) is 0.542. The van der Waals surface area contributed by atoms with Gasteiger partial charge in [0.2, 0.25) is 0 Å². The first-order valence-corrected chi connectivity index (χ1v) is 5.79. The van der Waals surface area contributed by atoms with Gasteiger partial charge in [-0.2, -0.15) is 0 Å². The molecule has 1 N–H and O–H groups in total. The predicted molar refractivity (Wildman–Crippen MR) is 48.5 cm³/mol. The van der Waals surface area contributed by atoms with Crippen LogP contribution in [0.3, 0.4) is 0 Å². The van der Waals surface area contributed by atoms with Gasteiger partial charge in [-0.25, -0.2) is 8.42 Å². The lowest BCUT2D eigenvalue weighted by molar-refractivity contribution is 0.184. The zero-order valence-electron chi connectivity index (χ0n) is 6.83. The second kappa shape index (κ2) is 3.41. The summed E-state index contributed by atoms with van der Waals surface area (Å²) >= 11 is 2.99. The zero-order valence-corrected chi connectivity index (χ0v) is 9.24. The predicted octanol–water partition coefficient (Wildman–Crippen LogP) is 0.913. The van der Waals surface area contributed by atoms with Gasteiger partial charge in [0.05, 0.1) is 6.10 Å². The number of halogens is 1. The SMILES string of the molecule is CCS(=O)(=O)[C@](C)(Br)[C@@H](C)O. The molecule has 0 fully saturated rings. The van der Waals surface area contributed by atoms with Crippen molar-refractivity contribution in [2.75, 3.05) is 5.75 Å². The molecule has 11 heavy (non-hydrogen) atoms. The van der Waals surface area contributed by atoms with Gasteiger partial charge >= 0.3 is 0 Å². The van der Waals surface area contributed by atoms with Gasteiger partial charge in [0, 0.05) is 5.75 Å². The number of hydrogen-bond acceptors (Lipinski definition) is 3. The standard InChI is InChI=1S/C6H13BrO3S/c1-4-11(9,10)6(3,7)5(2)8/h5,8H,4H2,1-3H3/t5-,6+/m1/s1. The summed E-state index contributed by atoms with van der Waals surface area (Å²) in [6.07, 6.45) is -0.910. The molecular formula is C6H13BrO3S. The normalized spacial score (nSPS) is 20.8. The maximum absolute atomic E-state index is 11.3. The highest BCUT2D eigenvalue weighted by molar-refractivity contribution is 9.11. The number of aliphatic hydroxyl groups excluding tert-OH is 1. The highest BCUT2D eigenvalue weighted by atomic mass is 79.9. The van der Waals surface area contributed by atoms with E-state index in [0.717, 1.165) is 0 Å². The van der Waals surface area contributed by atoms with Crippen molar-refractivity contribution in [1.82, 2.24) is 0 Å². The molecule has 0 heterocycles. The monoisotopic (exact) mass is 244 g/mol. The maximum Gasteiger partial charge on any atom is 0.167 e. The average molecular weight is 245 g/mol. The lowest BCUT2D eigenvalue weighted by Crippen LogP contribution is -2.40. The lowest BCUT2D eigenvalue weighted by atomic mass is 10.3. The summed E-state index contributed by atoms with van der Waals surface area (Å²) in [5.74, 6) is 0.0274. The van der Waals surface area contributed by atoms with Crippen LogP contribution in [0.2, 0.25) is 0 Å². The number of sulfone groups is 1. The van der Waals surface area contributed by atoms with E-state index in [1.54, 1.807) is 6.92 Å². The van der Waals surface area contributed by atoms with Crippen molar-refractivity contribution in [2.45, 2.75) is 30.5 Å². The van der Waals surface area contributed by atoms with Crippen molar-refractivity contribution < 1.29 is 13.5 Å². The fourth-order valence-corrected chi connectivity index (χ4v) is 2.31. The zero-order chi connectivity index (χ0) is 9.28. The van der Waals surface area contributed by atoms with E-state index in [2.05, 4.69) is 15.9 Å². The van der Waals surface area contributed by atoms with Crippen LogP contribution in [0, 0.1) is 0 Å². The minimum atomic E-state index is -3.23. The topological polar surface area (TPSA) is 54.4 Å². The van der Waals surface area contributed by atoms with Gasteiger partial charge in [0.15, 0.2) is 9.84 Å². The molecule has 3 nitrogen and oxygen atoms in total. The van der Waals surface area contributed by atoms with Crippen LogP contribution in [0.15, 0.2) is 0 Å². The first-order chi connectivity index (χ1) is 4.75.